The van der Waals surface area contributed by atoms with Crippen molar-refractivity contribution in [3.8, 4) is 11.5 Å². The standard InChI is InChI=1S/C20H26N2O4/c1-3-25-19(23)20(12-13-21-22-20)11-10-15-8-9-17(24-2)18(14-15)26-16-6-4-5-7-16/h8-9,12-14,16H,3-7,10-11H2,1-2H3. The SMILES string of the molecule is CCOC(=O)C1(CCc2ccc(OC)c(OC3CCCC3)c2)C=CN=N1. The van der Waals surface area contributed by atoms with Crippen molar-refractivity contribution in [2.75, 3.05) is 13.7 Å². The summed E-state index contributed by atoms with van der Waals surface area (Å²) in [6.07, 6.45) is 9.29. The highest BCUT2D eigenvalue weighted by Crippen LogP contribution is 2.34. The Kier molecular flexibility index (Phi) is 5.91. The maximum absolute atomic E-state index is 12.3. The van der Waals surface area contributed by atoms with E-state index in [0.29, 0.717) is 19.4 Å². The average Bonchev–Trinajstić information content (AvgIpc) is 3.33. The lowest BCUT2D eigenvalue weighted by atomic mass is 9.92. The average molecular weight is 358 g/mol. The molecule has 1 aromatic carbocycles. The molecule has 1 aliphatic heterocycles. The van der Waals surface area contributed by atoms with E-state index in [-0.39, 0.29) is 12.1 Å². The van der Waals surface area contributed by atoms with Gasteiger partial charge in [0.25, 0.3) is 0 Å². The van der Waals surface area contributed by atoms with E-state index in [2.05, 4.69) is 10.2 Å². The van der Waals surface area contributed by atoms with Crippen LogP contribution in [0, 0.1) is 0 Å². The predicted octanol–water partition coefficient (Wildman–Crippen LogP) is 4.23. The number of esters is 1. The van der Waals surface area contributed by atoms with Gasteiger partial charge in [-0.1, -0.05) is 6.07 Å². The quantitative estimate of drug-likeness (QED) is 0.652. The molecule has 1 heterocycles. The third-order valence-corrected chi connectivity index (χ3v) is 4.90. The van der Waals surface area contributed by atoms with Crippen LogP contribution in [0.1, 0.15) is 44.6 Å². The van der Waals surface area contributed by atoms with Crippen LogP contribution in [-0.4, -0.2) is 31.3 Å². The molecule has 0 N–H and O–H groups in total. The Balaban J connectivity index is 1.71. The minimum absolute atomic E-state index is 0.261. The number of hydrogen-bond acceptors (Lipinski definition) is 6. The van der Waals surface area contributed by atoms with Crippen LogP contribution in [0.3, 0.4) is 0 Å². The summed E-state index contributed by atoms with van der Waals surface area (Å²) < 4.78 is 16.8. The predicted molar refractivity (Wildman–Crippen MR) is 97.6 cm³/mol. The van der Waals surface area contributed by atoms with Crippen molar-refractivity contribution < 1.29 is 19.0 Å². The third kappa shape index (κ3) is 4.06. The fourth-order valence-corrected chi connectivity index (χ4v) is 3.42. The summed E-state index contributed by atoms with van der Waals surface area (Å²) in [6, 6.07) is 5.92. The van der Waals surface area contributed by atoms with Gasteiger partial charge in [0.15, 0.2) is 17.0 Å². The molecule has 1 aliphatic carbocycles. The molecular formula is C20H26N2O4. The molecule has 1 aromatic rings. The second-order valence-corrected chi connectivity index (χ2v) is 6.69. The number of hydrogen-bond donors (Lipinski definition) is 0. The summed E-state index contributed by atoms with van der Waals surface area (Å²) in [7, 11) is 1.65. The number of rotatable bonds is 8. The van der Waals surface area contributed by atoms with E-state index in [1.165, 1.54) is 12.8 Å². The molecule has 0 aromatic heterocycles. The van der Waals surface area contributed by atoms with Crippen molar-refractivity contribution in [1.82, 2.24) is 0 Å². The van der Waals surface area contributed by atoms with Crippen LogP contribution in [0.15, 0.2) is 40.7 Å². The molecule has 3 rings (SSSR count). The fourth-order valence-electron chi connectivity index (χ4n) is 3.42. The van der Waals surface area contributed by atoms with Crippen LogP contribution < -0.4 is 9.47 Å². The van der Waals surface area contributed by atoms with Crippen molar-refractivity contribution in [2.45, 2.75) is 57.1 Å². The number of benzene rings is 1. The highest BCUT2D eigenvalue weighted by molar-refractivity contribution is 5.84. The van der Waals surface area contributed by atoms with E-state index in [1.807, 2.05) is 18.2 Å². The van der Waals surface area contributed by atoms with Crippen molar-refractivity contribution in [1.29, 1.82) is 0 Å². The van der Waals surface area contributed by atoms with E-state index in [1.54, 1.807) is 26.3 Å². The van der Waals surface area contributed by atoms with E-state index in [9.17, 15) is 4.79 Å². The highest BCUT2D eigenvalue weighted by Gasteiger charge is 2.39. The first-order valence-electron chi connectivity index (χ1n) is 9.27. The maximum Gasteiger partial charge on any atom is 0.340 e. The maximum atomic E-state index is 12.3. The first-order chi connectivity index (χ1) is 12.7. The second kappa shape index (κ2) is 8.34. The van der Waals surface area contributed by atoms with Crippen molar-refractivity contribution >= 4 is 5.97 Å². The molecule has 140 valence electrons. The number of methoxy groups -OCH3 is 1. The molecule has 2 aliphatic rings. The van der Waals surface area contributed by atoms with Gasteiger partial charge in [0.05, 0.1) is 19.8 Å². The van der Waals surface area contributed by atoms with E-state index < -0.39 is 5.54 Å². The van der Waals surface area contributed by atoms with Gasteiger partial charge in [0.2, 0.25) is 0 Å². The summed E-state index contributed by atoms with van der Waals surface area (Å²) in [5, 5.41) is 7.99. The molecule has 0 spiro atoms. The summed E-state index contributed by atoms with van der Waals surface area (Å²) in [4.78, 5) is 12.3. The van der Waals surface area contributed by atoms with Crippen molar-refractivity contribution in [2.24, 2.45) is 10.2 Å². The van der Waals surface area contributed by atoms with Crippen molar-refractivity contribution in [3.63, 3.8) is 0 Å². The van der Waals surface area contributed by atoms with Crippen LogP contribution in [0.5, 0.6) is 11.5 Å². The van der Waals surface area contributed by atoms with Gasteiger partial charge in [-0.3, -0.25) is 0 Å². The Morgan fingerprint density at radius 1 is 1.27 bits per heavy atom. The van der Waals surface area contributed by atoms with Crippen LogP contribution >= 0.6 is 0 Å². The first kappa shape index (κ1) is 18.4. The Bertz CT molecular complexity index is 681. The van der Waals surface area contributed by atoms with Crippen LogP contribution in [0.4, 0.5) is 0 Å². The largest absolute Gasteiger partial charge is 0.493 e. The van der Waals surface area contributed by atoms with Crippen LogP contribution in [-0.2, 0) is 16.0 Å². The van der Waals surface area contributed by atoms with Crippen LogP contribution in [0.2, 0.25) is 0 Å². The lowest BCUT2D eigenvalue weighted by Crippen LogP contribution is -2.35. The molecule has 0 saturated heterocycles. The molecule has 6 nitrogen and oxygen atoms in total. The Labute approximate surface area is 154 Å². The van der Waals surface area contributed by atoms with Crippen molar-refractivity contribution in [3.05, 3.63) is 36.0 Å². The van der Waals surface area contributed by atoms with Gasteiger partial charge >= 0.3 is 5.97 Å². The number of nitrogens with zero attached hydrogens (tertiary/aromatic N) is 2. The molecule has 0 amide bonds. The summed E-state index contributed by atoms with van der Waals surface area (Å²) in [5.41, 5.74) is 0.0561. The number of carbonyl (C=O) groups excluding carboxylic acids is 1. The van der Waals surface area contributed by atoms with E-state index in [0.717, 1.165) is 29.9 Å². The lowest BCUT2D eigenvalue weighted by molar-refractivity contribution is -0.147. The number of carbonyl (C=O) groups is 1. The molecule has 1 fully saturated rings. The Morgan fingerprint density at radius 3 is 2.73 bits per heavy atom. The highest BCUT2D eigenvalue weighted by atomic mass is 16.5. The number of aryl methyl sites for hydroxylation is 1. The molecule has 1 saturated carbocycles. The lowest BCUT2D eigenvalue weighted by Gasteiger charge is -2.21. The summed E-state index contributed by atoms with van der Waals surface area (Å²) in [5.74, 6) is 1.15. The molecule has 0 bridgehead atoms. The second-order valence-electron chi connectivity index (χ2n) is 6.69. The van der Waals surface area contributed by atoms with Gasteiger partial charge < -0.3 is 14.2 Å². The van der Waals surface area contributed by atoms with Crippen LogP contribution in [0.25, 0.3) is 0 Å². The molecule has 1 atom stereocenters. The van der Waals surface area contributed by atoms with E-state index >= 15 is 0 Å². The summed E-state index contributed by atoms with van der Waals surface area (Å²) in [6.45, 7) is 2.11. The number of azo groups is 1. The molecule has 6 heteroatoms. The van der Waals surface area contributed by atoms with Gasteiger partial charge in [0.1, 0.15) is 0 Å². The van der Waals surface area contributed by atoms with E-state index in [4.69, 9.17) is 14.2 Å². The Morgan fingerprint density at radius 2 is 2.08 bits per heavy atom. The Hall–Kier alpha value is -2.37. The normalized spacial score (nSPS) is 21.9. The monoisotopic (exact) mass is 358 g/mol. The zero-order valence-electron chi connectivity index (χ0n) is 15.4. The van der Waals surface area contributed by atoms with Gasteiger partial charge in [-0.25, -0.2) is 4.79 Å². The number of ether oxygens (including phenoxy) is 3. The molecule has 26 heavy (non-hydrogen) atoms. The van der Waals surface area contributed by atoms with Gasteiger partial charge in [-0.2, -0.15) is 10.2 Å². The van der Waals surface area contributed by atoms with Gasteiger partial charge in [0, 0.05) is 6.20 Å². The molecule has 1 unspecified atom stereocenters. The third-order valence-electron chi connectivity index (χ3n) is 4.90. The smallest absolute Gasteiger partial charge is 0.340 e. The van der Waals surface area contributed by atoms with Gasteiger partial charge in [-0.05, 0) is 69.2 Å². The fraction of sp³-hybridized carbons (Fsp3) is 0.550. The zero-order chi connectivity index (χ0) is 18.4. The molecular weight excluding hydrogens is 332 g/mol. The minimum atomic E-state index is -1.01. The zero-order valence-corrected chi connectivity index (χ0v) is 15.4. The minimum Gasteiger partial charge on any atom is -0.493 e. The molecule has 0 radical (unpaired) electrons. The topological polar surface area (TPSA) is 69.5 Å². The summed E-state index contributed by atoms with van der Waals surface area (Å²) >= 11 is 0. The first-order valence-corrected chi connectivity index (χ1v) is 9.27. The van der Waals surface area contributed by atoms with Gasteiger partial charge in [-0.15, -0.1) is 0 Å².